The zero-order valence-electron chi connectivity index (χ0n) is 10.9. The van der Waals surface area contributed by atoms with Gasteiger partial charge in [0.2, 0.25) is 0 Å². The Hall–Kier alpha value is -1.89. The van der Waals surface area contributed by atoms with Crippen molar-refractivity contribution in [3.05, 3.63) is 27.4 Å². The molecule has 0 saturated carbocycles. The molecule has 1 fully saturated rings. The molecule has 108 valence electrons. The second-order valence-corrected chi connectivity index (χ2v) is 5.55. The van der Waals surface area contributed by atoms with E-state index in [0.29, 0.717) is 25.2 Å². The Morgan fingerprint density at radius 2 is 2.35 bits per heavy atom. The number of aliphatic carboxylic acids is 1. The minimum atomic E-state index is -0.861. The van der Waals surface area contributed by atoms with Crippen molar-refractivity contribution >= 4 is 29.1 Å². The molecule has 1 aliphatic heterocycles. The average molecular weight is 300 g/mol. The van der Waals surface area contributed by atoms with Crippen LogP contribution in [-0.2, 0) is 4.79 Å². The minimum Gasteiger partial charge on any atom is -0.481 e. The summed E-state index contributed by atoms with van der Waals surface area (Å²) in [6.07, 6.45) is 2.43. The Morgan fingerprint density at radius 3 is 2.90 bits per heavy atom. The van der Waals surface area contributed by atoms with Crippen LogP contribution in [0.2, 0.25) is 5.02 Å². The van der Waals surface area contributed by atoms with Crippen LogP contribution in [0, 0.1) is 15.5 Å². The number of halogens is 1. The number of hydrogen-bond donors (Lipinski definition) is 1. The summed E-state index contributed by atoms with van der Waals surface area (Å²) in [5, 5.41) is 20.1. The summed E-state index contributed by atoms with van der Waals surface area (Å²) in [5.41, 5.74) is -1.04. The lowest BCUT2D eigenvalue weighted by atomic mass is 9.82. The molecule has 1 aromatic rings. The highest BCUT2D eigenvalue weighted by atomic mass is 35.5. The molecular weight excluding hydrogens is 286 g/mol. The van der Waals surface area contributed by atoms with Gasteiger partial charge in [0.15, 0.2) is 0 Å². The molecule has 1 aliphatic rings. The molecule has 0 aliphatic carbocycles. The van der Waals surface area contributed by atoms with Crippen LogP contribution >= 0.6 is 11.6 Å². The number of aromatic nitrogens is 1. The van der Waals surface area contributed by atoms with E-state index in [0.717, 1.165) is 6.20 Å². The second kappa shape index (κ2) is 5.24. The molecule has 0 amide bonds. The lowest BCUT2D eigenvalue weighted by Crippen LogP contribution is -2.46. The van der Waals surface area contributed by atoms with Crippen LogP contribution < -0.4 is 4.90 Å². The van der Waals surface area contributed by atoms with Crippen LogP contribution in [0.3, 0.4) is 0 Å². The monoisotopic (exact) mass is 299 g/mol. The van der Waals surface area contributed by atoms with Crippen molar-refractivity contribution in [1.29, 1.82) is 0 Å². The molecule has 0 radical (unpaired) electrons. The summed E-state index contributed by atoms with van der Waals surface area (Å²) >= 11 is 6.02. The van der Waals surface area contributed by atoms with E-state index in [1.54, 1.807) is 11.8 Å². The number of carboxylic acids is 1. The van der Waals surface area contributed by atoms with Crippen molar-refractivity contribution in [3.8, 4) is 0 Å². The molecule has 1 aromatic heterocycles. The maximum atomic E-state index is 11.3. The molecule has 2 rings (SSSR count). The van der Waals surface area contributed by atoms with Gasteiger partial charge in [-0.25, -0.2) is 4.98 Å². The van der Waals surface area contributed by atoms with Gasteiger partial charge in [-0.05, 0) is 19.8 Å². The van der Waals surface area contributed by atoms with Gasteiger partial charge in [-0.1, -0.05) is 11.6 Å². The van der Waals surface area contributed by atoms with E-state index in [-0.39, 0.29) is 17.3 Å². The number of nitrogens with zero attached hydrogens (tertiary/aromatic N) is 3. The smallest absolute Gasteiger partial charge is 0.311 e. The van der Waals surface area contributed by atoms with Crippen LogP contribution in [0.4, 0.5) is 11.5 Å². The number of anilines is 1. The lowest BCUT2D eigenvalue weighted by molar-refractivity contribution is -0.385. The normalized spacial score (nSPS) is 22.6. The average Bonchev–Trinajstić information content (AvgIpc) is 2.38. The van der Waals surface area contributed by atoms with Crippen LogP contribution in [0.15, 0.2) is 12.3 Å². The number of nitro groups is 1. The first-order chi connectivity index (χ1) is 9.33. The molecule has 0 aromatic carbocycles. The van der Waals surface area contributed by atoms with Gasteiger partial charge in [0.1, 0.15) is 12.0 Å². The maximum absolute atomic E-state index is 11.3. The second-order valence-electron chi connectivity index (χ2n) is 5.15. The summed E-state index contributed by atoms with van der Waals surface area (Å²) in [6.45, 7) is 2.60. The van der Waals surface area contributed by atoms with Gasteiger partial charge in [0.05, 0.1) is 15.4 Å². The zero-order valence-corrected chi connectivity index (χ0v) is 11.6. The highest BCUT2D eigenvalue weighted by Gasteiger charge is 2.38. The van der Waals surface area contributed by atoms with Crippen molar-refractivity contribution in [3.63, 3.8) is 0 Å². The van der Waals surface area contributed by atoms with E-state index in [4.69, 9.17) is 11.6 Å². The van der Waals surface area contributed by atoms with Crippen molar-refractivity contribution in [2.45, 2.75) is 19.8 Å². The third-order valence-electron chi connectivity index (χ3n) is 3.53. The number of rotatable bonds is 3. The maximum Gasteiger partial charge on any atom is 0.311 e. The summed E-state index contributed by atoms with van der Waals surface area (Å²) in [6, 6.07) is 1.23. The Labute approximate surface area is 120 Å². The molecule has 7 nitrogen and oxygen atoms in total. The van der Waals surface area contributed by atoms with E-state index in [1.807, 2.05) is 0 Å². The van der Waals surface area contributed by atoms with Gasteiger partial charge >= 0.3 is 5.97 Å². The standard InChI is InChI=1S/C12H14ClN3O4/c1-12(11(17)18)3-2-4-15(7-12)10-9(13)5-8(6-14-10)16(19)20/h5-6H,2-4,7H2,1H3,(H,17,18). The van der Waals surface area contributed by atoms with E-state index in [9.17, 15) is 20.0 Å². The van der Waals surface area contributed by atoms with Crippen LogP contribution in [0.5, 0.6) is 0 Å². The van der Waals surface area contributed by atoms with Crippen LogP contribution in [0.25, 0.3) is 0 Å². The third kappa shape index (κ3) is 2.67. The molecule has 1 unspecified atom stereocenters. The number of hydrogen-bond acceptors (Lipinski definition) is 5. The molecule has 1 saturated heterocycles. The summed E-state index contributed by atoms with van der Waals surface area (Å²) in [4.78, 5) is 27.2. The van der Waals surface area contributed by atoms with Gasteiger partial charge in [0.25, 0.3) is 5.69 Å². The summed E-state index contributed by atoms with van der Waals surface area (Å²) in [5.74, 6) is -0.468. The summed E-state index contributed by atoms with van der Waals surface area (Å²) in [7, 11) is 0. The van der Waals surface area contributed by atoms with Crippen molar-refractivity contribution in [2.24, 2.45) is 5.41 Å². The van der Waals surface area contributed by atoms with E-state index >= 15 is 0 Å². The third-order valence-corrected chi connectivity index (χ3v) is 3.81. The zero-order chi connectivity index (χ0) is 14.9. The van der Waals surface area contributed by atoms with Gasteiger partial charge < -0.3 is 10.0 Å². The van der Waals surface area contributed by atoms with E-state index in [2.05, 4.69) is 4.98 Å². The molecular formula is C12H14ClN3O4. The Morgan fingerprint density at radius 1 is 1.65 bits per heavy atom. The highest BCUT2D eigenvalue weighted by molar-refractivity contribution is 6.33. The van der Waals surface area contributed by atoms with Gasteiger partial charge in [0, 0.05) is 19.2 Å². The molecule has 1 N–H and O–H groups in total. The largest absolute Gasteiger partial charge is 0.481 e. The quantitative estimate of drug-likeness (QED) is 0.679. The van der Waals surface area contributed by atoms with Crippen molar-refractivity contribution in [1.82, 2.24) is 4.98 Å². The lowest BCUT2D eigenvalue weighted by Gasteiger charge is -2.38. The molecule has 2 heterocycles. The fourth-order valence-electron chi connectivity index (χ4n) is 2.35. The van der Waals surface area contributed by atoms with Gasteiger partial charge in [-0.3, -0.25) is 14.9 Å². The van der Waals surface area contributed by atoms with Crippen LogP contribution in [-0.4, -0.2) is 34.1 Å². The first kappa shape index (κ1) is 14.5. The van der Waals surface area contributed by atoms with Crippen molar-refractivity contribution in [2.75, 3.05) is 18.0 Å². The Kier molecular flexibility index (Phi) is 3.80. The van der Waals surface area contributed by atoms with Crippen molar-refractivity contribution < 1.29 is 14.8 Å². The summed E-state index contributed by atoms with van der Waals surface area (Å²) < 4.78 is 0. The number of carboxylic acid groups (broad SMARTS) is 1. The highest BCUT2D eigenvalue weighted by Crippen LogP contribution is 2.35. The number of piperidine rings is 1. The van der Waals surface area contributed by atoms with Gasteiger partial charge in [-0.15, -0.1) is 0 Å². The number of pyridine rings is 1. The predicted octanol–water partition coefficient (Wildman–Crippen LogP) is 2.33. The topological polar surface area (TPSA) is 96.6 Å². The predicted molar refractivity (Wildman–Crippen MR) is 73.1 cm³/mol. The SMILES string of the molecule is CC1(C(=O)O)CCCN(c2ncc([N+](=O)[O-])cc2Cl)C1. The minimum absolute atomic E-state index is 0.161. The fourth-order valence-corrected chi connectivity index (χ4v) is 2.63. The fraction of sp³-hybridized carbons (Fsp3) is 0.500. The first-order valence-electron chi connectivity index (χ1n) is 6.12. The Balaban J connectivity index is 2.28. The molecule has 0 bridgehead atoms. The van der Waals surface area contributed by atoms with E-state index in [1.165, 1.54) is 6.07 Å². The van der Waals surface area contributed by atoms with E-state index < -0.39 is 16.3 Å². The molecule has 1 atom stereocenters. The molecule has 8 heteroatoms. The number of carbonyl (C=O) groups is 1. The first-order valence-corrected chi connectivity index (χ1v) is 6.49. The molecule has 0 spiro atoms. The Bertz CT molecular complexity index is 566. The van der Waals surface area contributed by atoms with Gasteiger partial charge in [-0.2, -0.15) is 0 Å². The van der Waals surface area contributed by atoms with Crippen LogP contribution in [0.1, 0.15) is 19.8 Å². The molecule has 20 heavy (non-hydrogen) atoms.